The van der Waals surface area contributed by atoms with Crippen LogP contribution in [0.5, 0.6) is 0 Å². The van der Waals surface area contributed by atoms with Crippen molar-refractivity contribution in [2.75, 3.05) is 26.2 Å². The molecular formula is C27H27N3O2. The Morgan fingerprint density at radius 1 is 1.00 bits per heavy atom. The number of aromatic nitrogens is 1. The van der Waals surface area contributed by atoms with Crippen molar-refractivity contribution >= 4 is 11.8 Å². The van der Waals surface area contributed by atoms with Crippen molar-refractivity contribution < 1.29 is 9.59 Å². The van der Waals surface area contributed by atoms with E-state index in [4.69, 9.17) is 0 Å². The molecule has 0 spiro atoms. The van der Waals surface area contributed by atoms with Crippen LogP contribution in [0.15, 0.2) is 91.8 Å². The summed E-state index contributed by atoms with van der Waals surface area (Å²) in [5, 5.41) is 0. The molecule has 1 saturated heterocycles. The second-order valence-corrected chi connectivity index (χ2v) is 7.98. The van der Waals surface area contributed by atoms with Gasteiger partial charge in [0.05, 0.1) is 5.92 Å². The van der Waals surface area contributed by atoms with Gasteiger partial charge in [-0.15, -0.1) is 6.58 Å². The molecule has 4 rings (SSSR count). The summed E-state index contributed by atoms with van der Waals surface area (Å²) in [6, 6.07) is 21.8. The van der Waals surface area contributed by atoms with Gasteiger partial charge in [0.15, 0.2) is 0 Å². The first kappa shape index (κ1) is 21.5. The molecule has 3 aromatic rings. The minimum absolute atomic E-state index is 0.0674. The van der Waals surface area contributed by atoms with Gasteiger partial charge < -0.3 is 9.80 Å². The lowest BCUT2D eigenvalue weighted by Crippen LogP contribution is -2.38. The molecule has 0 saturated carbocycles. The largest absolute Gasteiger partial charge is 0.337 e. The Morgan fingerprint density at radius 2 is 1.72 bits per heavy atom. The number of carbonyl (C=O) groups is 2. The van der Waals surface area contributed by atoms with Crippen LogP contribution >= 0.6 is 0 Å². The van der Waals surface area contributed by atoms with E-state index in [-0.39, 0.29) is 17.7 Å². The number of hydrogen-bond acceptors (Lipinski definition) is 3. The standard InChI is InChI=1S/C27H27N3O2/c1-2-16-29-17-18-30(26(31)22-12-14-28-15-13-22)20-24(27(29)32)19-23-10-6-7-11-25(23)21-8-4-3-5-9-21/h2-15,24H,1,16-20H2/t24-/m1/s1. The van der Waals surface area contributed by atoms with Crippen molar-refractivity contribution in [3.05, 3.63) is 103 Å². The lowest BCUT2D eigenvalue weighted by Gasteiger charge is -2.24. The minimum Gasteiger partial charge on any atom is -0.337 e. The number of carbonyl (C=O) groups excluding carboxylic acids is 2. The molecule has 1 atom stereocenters. The highest BCUT2D eigenvalue weighted by Crippen LogP contribution is 2.27. The monoisotopic (exact) mass is 425 g/mol. The van der Waals surface area contributed by atoms with Crippen LogP contribution in [0.3, 0.4) is 0 Å². The Morgan fingerprint density at radius 3 is 2.47 bits per heavy atom. The zero-order valence-electron chi connectivity index (χ0n) is 18.1. The van der Waals surface area contributed by atoms with Crippen LogP contribution in [0.2, 0.25) is 0 Å². The van der Waals surface area contributed by atoms with Crippen LogP contribution in [0.25, 0.3) is 11.1 Å². The molecule has 1 aromatic heterocycles. The SMILES string of the molecule is C=CCN1CCN(C(=O)c2ccncc2)C[C@@H](Cc2ccccc2-c2ccccc2)C1=O. The summed E-state index contributed by atoms with van der Waals surface area (Å²) in [5.74, 6) is -0.326. The van der Waals surface area contributed by atoms with Crippen molar-refractivity contribution in [3.63, 3.8) is 0 Å². The van der Waals surface area contributed by atoms with Crippen LogP contribution in [-0.4, -0.2) is 52.8 Å². The third-order valence-electron chi connectivity index (χ3n) is 5.87. The fourth-order valence-corrected chi connectivity index (χ4v) is 4.26. The van der Waals surface area contributed by atoms with E-state index >= 15 is 0 Å². The van der Waals surface area contributed by atoms with Gasteiger partial charge >= 0.3 is 0 Å². The molecule has 2 amide bonds. The van der Waals surface area contributed by atoms with Gasteiger partial charge in [-0.2, -0.15) is 0 Å². The normalized spacial score (nSPS) is 16.5. The van der Waals surface area contributed by atoms with Gasteiger partial charge in [0.1, 0.15) is 0 Å². The van der Waals surface area contributed by atoms with Crippen molar-refractivity contribution in [2.24, 2.45) is 5.92 Å². The van der Waals surface area contributed by atoms with Crippen LogP contribution < -0.4 is 0 Å². The maximum Gasteiger partial charge on any atom is 0.254 e. The highest BCUT2D eigenvalue weighted by molar-refractivity contribution is 5.94. The highest BCUT2D eigenvalue weighted by atomic mass is 16.2. The van der Waals surface area contributed by atoms with E-state index in [1.54, 1.807) is 35.5 Å². The number of rotatable bonds is 6. The quantitative estimate of drug-likeness (QED) is 0.559. The summed E-state index contributed by atoms with van der Waals surface area (Å²) < 4.78 is 0. The molecule has 1 aliphatic rings. The maximum absolute atomic E-state index is 13.4. The van der Waals surface area contributed by atoms with Gasteiger partial charge in [0.25, 0.3) is 5.91 Å². The minimum atomic E-state index is -0.326. The van der Waals surface area contributed by atoms with Gasteiger partial charge in [-0.25, -0.2) is 0 Å². The summed E-state index contributed by atoms with van der Waals surface area (Å²) in [5.41, 5.74) is 3.94. The van der Waals surface area contributed by atoms with Crippen molar-refractivity contribution in [1.82, 2.24) is 14.8 Å². The molecule has 162 valence electrons. The molecule has 1 fully saturated rings. The molecule has 0 bridgehead atoms. The number of hydrogen-bond donors (Lipinski definition) is 0. The lowest BCUT2D eigenvalue weighted by molar-refractivity contribution is -0.134. The fourth-order valence-electron chi connectivity index (χ4n) is 4.26. The molecule has 32 heavy (non-hydrogen) atoms. The first-order valence-electron chi connectivity index (χ1n) is 10.9. The average molecular weight is 426 g/mol. The van der Waals surface area contributed by atoms with Gasteiger partial charge in [0, 0.05) is 44.1 Å². The zero-order valence-corrected chi connectivity index (χ0v) is 18.1. The summed E-state index contributed by atoms with van der Waals surface area (Å²) in [6.45, 7) is 5.66. The summed E-state index contributed by atoms with van der Waals surface area (Å²) in [4.78, 5) is 34.2. The molecule has 2 heterocycles. The third-order valence-corrected chi connectivity index (χ3v) is 5.87. The molecule has 5 nitrogen and oxygen atoms in total. The van der Waals surface area contributed by atoms with E-state index in [1.165, 1.54) is 0 Å². The second-order valence-electron chi connectivity index (χ2n) is 7.98. The Labute approximate surface area is 189 Å². The maximum atomic E-state index is 13.4. The highest BCUT2D eigenvalue weighted by Gasteiger charge is 2.32. The predicted octanol–water partition coefficient (Wildman–Crippen LogP) is 4.08. The molecule has 2 aromatic carbocycles. The van der Waals surface area contributed by atoms with Gasteiger partial charge in [-0.1, -0.05) is 60.7 Å². The smallest absolute Gasteiger partial charge is 0.254 e. The Hall–Kier alpha value is -3.73. The van der Waals surface area contributed by atoms with Crippen LogP contribution in [-0.2, 0) is 11.2 Å². The molecule has 0 unspecified atom stereocenters. The van der Waals surface area contributed by atoms with E-state index < -0.39 is 0 Å². The topological polar surface area (TPSA) is 53.5 Å². The van der Waals surface area contributed by atoms with E-state index in [1.807, 2.05) is 35.2 Å². The first-order valence-corrected chi connectivity index (χ1v) is 10.9. The van der Waals surface area contributed by atoms with Crippen molar-refractivity contribution in [3.8, 4) is 11.1 Å². The van der Waals surface area contributed by atoms with Crippen LogP contribution in [0.4, 0.5) is 0 Å². The number of amides is 2. The third kappa shape index (κ3) is 4.78. The number of nitrogens with zero attached hydrogens (tertiary/aromatic N) is 3. The van der Waals surface area contributed by atoms with E-state index in [9.17, 15) is 9.59 Å². The van der Waals surface area contributed by atoms with E-state index in [0.717, 1.165) is 16.7 Å². The summed E-state index contributed by atoms with van der Waals surface area (Å²) >= 11 is 0. The Kier molecular flexibility index (Phi) is 6.75. The van der Waals surface area contributed by atoms with Crippen molar-refractivity contribution in [1.29, 1.82) is 0 Å². The first-order chi connectivity index (χ1) is 15.7. The molecular weight excluding hydrogens is 398 g/mol. The van der Waals surface area contributed by atoms with Gasteiger partial charge in [-0.3, -0.25) is 14.6 Å². The van der Waals surface area contributed by atoms with Crippen LogP contribution in [0.1, 0.15) is 15.9 Å². The Balaban J connectivity index is 1.64. The number of benzene rings is 2. The molecule has 1 aliphatic heterocycles. The molecule has 5 heteroatoms. The van der Waals surface area contributed by atoms with Gasteiger partial charge in [-0.05, 0) is 35.2 Å². The summed E-state index contributed by atoms with van der Waals surface area (Å²) in [7, 11) is 0. The lowest BCUT2D eigenvalue weighted by atomic mass is 9.91. The Bertz CT molecular complexity index is 1080. The predicted molar refractivity (Wildman–Crippen MR) is 126 cm³/mol. The van der Waals surface area contributed by atoms with E-state index in [2.05, 4.69) is 35.8 Å². The van der Waals surface area contributed by atoms with E-state index in [0.29, 0.717) is 38.2 Å². The molecule has 0 N–H and O–H groups in total. The zero-order chi connectivity index (χ0) is 22.3. The van der Waals surface area contributed by atoms with Crippen molar-refractivity contribution in [2.45, 2.75) is 6.42 Å². The number of pyridine rings is 1. The second kappa shape index (κ2) is 10.1. The molecule has 0 aliphatic carbocycles. The fraction of sp³-hybridized carbons (Fsp3) is 0.222. The molecule has 0 radical (unpaired) electrons. The summed E-state index contributed by atoms with van der Waals surface area (Å²) in [6.07, 6.45) is 5.55. The van der Waals surface area contributed by atoms with Gasteiger partial charge in [0.2, 0.25) is 5.91 Å². The average Bonchev–Trinajstić information content (AvgIpc) is 3.00. The van der Waals surface area contributed by atoms with Crippen LogP contribution in [0, 0.1) is 5.92 Å².